The van der Waals surface area contributed by atoms with Crippen molar-refractivity contribution in [3.63, 3.8) is 0 Å². The summed E-state index contributed by atoms with van der Waals surface area (Å²) in [6, 6.07) is 0. The van der Waals surface area contributed by atoms with Crippen LogP contribution in [0.4, 0.5) is 11.6 Å². The van der Waals surface area contributed by atoms with Crippen LogP contribution in [-0.2, 0) is 0 Å². The molecule has 1 atom stereocenters. The Labute approximate surface area is 109 Å². The molecule has 1 saturated heterocycles. The minimum absolute atomic E-state index is 0.591. The fraction of sp³-hybridized carbons (Fsp3) is 0.692. The van der Waals surface area contributed by atoms with Gasteiger partial charge < -0.3 is 15.5 Å². The highest BCUT2D eigenvalue weighted by Gasteiger charge is 2.22. The molecule has 2 N–H and O–H groups in total. The van der Waals surface area contributed by atoms with Gasteiger partial charge in [-0.1, -0.05) is 0 Å². The number of nitrogens with two attached hydrogens (primary N) is 1. The maximum atomic E-state index is 5.90. The number of nitrogen functional groups attached to an aromatic ring is 1. The van der Waals surface area contributed by atoms with Crippen molar-refractivity contribution in [2.24, 2.45) is 5.92 Å². The van der Waals surface area contributed by atoms with Crippen LogP contribution in [0.15, 0.2) is 0 Å². The third-order valence-electron chi connectivity index (χ3n) is 3.65. The first-order valence-electron chi connectivity index (χ1n) is 6.47. The molecule has 1 aromatic rings. The Morgan fingerprint density at radius 3 is 2.72 bits per heavy atom. The lowest BCUT2D eigenvalue weighted by Gasteiger charge is -2.24. The zero-order chi connectivity index (χ0) is 13.3. The molecule has 2 heterocycles. The molecule has 5 nitrogen and oxygen atoms in total. The van der Waals surface area contributed by atoms with E-state index in [1.807, 2.05) is 13.8 Å². The van der Waals surface area contributed by atoms with Gasteiger partial charge in [0.25, 0.3) is 0 Å². The number of rotatable bonds is 3. The second-order valence-electron chi connectivity index (χ2n) is 5.40. The first kappa shape index (κ1) is 13.1. The molecule has 5 heteroatoms. The molecule has 0 saturated carbocycles. The largest absolute Gasteiger partial charge is 0.383 e. The van der Waals surface area contributed by atoms with Crippen LogP contribution in [0.5, 0.6) is 0 Å². The molecule has 0 bridgehead atoms. The van der Waals surface area contributed by atoms with Crippen molar-refractivity contribution < 1.29 is 0 Å². The highest BCUT2D eigenvalue weighted by atomic mass is 15.2. The van der Waals surface area contributed by atoms with Gasteiger partial charge in [-0.25, -0.2) is 9.97 Å². The molecule has 100 valence electrons. The van der Waals surface area contributed by atoms with E-state index in [9.17, 15) is 0 Å². The number of aromatic nitrogens is 2. The van der Waals surface area contributed by atoms with Crippen LogP contribution in [0, 0.1) is 19.8 Å². The van der Waals surface area contributed by atoms with Crippen LogP contribution in [0.3, 0.4) is 0 Å². The summed E-state index contributed by atoms with van der Waals surface area (Å²) >= 11 is 0. The van der Waals surface area contributed by atoms with Gasteiger partial charge >= 0.3 is 0 Å². The van der Waals surface area contributed by atoms with E-state index < -0.39 is 0 Å². The Kier molecular flexibility index (Phi) is 3.71. The highest BCUT2D eigenvalue weighted by molar-refractivity contribution is 5.56. The molecule has 1 aromatic heterocycles. The molecular formula is C13H23N5. The van der Waals surface area contributed by atoms with Gasteiger partial charge in [0.05, 0.1) is 0 Å². The predicted octanol–water partition coefficient (Wildman–Crippen LogP) is 1.06. The third-order valence-corrected chi connectivity index (χ3v) is 3.65. The molecule has 0 radical (unpaired) electrons. The smallest absolute Gasteiger partial charge is 0.137 e. The molecule has 1 unspecified atom stereocenters. The van der Waals surface area contributed by atoms with E-state index in [2.05, 4.69) is 33.9 Å². The van der Waals surface area contributed by atoms with Crippen LogP contribution in [0.1, 0.15) is 17.8 Å². The number of hydrogen-bond acceptors (Lipinski definition) is 5. The zero-order valence-electron chi connectivity index (χ0n) is 11.8. The molecule has 0 spiro atoms. The van der Waals surface area contributed by atoms with Crippen molar-refractivity contribution >= 4 is 11.6 Å². The normalized spacial score (nSPS) is 20.3. The summed E-state index contributed by atoms with van der Waals surface area (Å²) in [5.74, 6) is 3.02. The monoisotopic (exact) mass is 249 g/mol. The van der Waals surface area contributed by atoms with E-state index in [0.717, 1.165) is 29.7 Å². The van der Waals surface area contributed by atoms with E-state index in [1.165, 1.54) is 19.5 Å². The number of anilines is 2. The van der Waals surface area contributed by atoms with Gasteiger partial charge in [0.2, 0.25) is 0 Å². The first-order valence-corrected chi connectivity index (χ1v) is 6.47. The lowest BCUT2D eigenvalue weighted by atomic mass is 10.1. The Balaban J connectivity index is 2.11. The maximum Gasteiger partial charge on any atom is 0.137 e. The van der Waals surface area contributed by atoms with Gasteiger partial charge in [-0.05, 0) is 39.8 Å². The summed E-state index contributed by atoms with van der Waals surface area (Å²) in [6.45, 7) is 7.27. The van der Waals surface area contributed by atoms with Crippen LogP contribution in [0.2, 0.25) is 0 Å². The van der Waals surface area contributed by atoms with Crippen molar-refractivity contribution in [1.29, 1.82) is 0 Å². The lowest BCUT2D eigenvalue weighted by Crippen LogP contribution is -2.29. The van der Waals surface area contributed by atoms with Crippen molar-refractivity contribution in [1.82, 2.24) is 14.9 Å². The molecule has 1 aliphatic rings. The zero-order valence-corrected chi connectivity index (χ0v) is 11.8. The number of aryl methyl sites for hydroxylation is 1. The van der Waals surface area contributed by atoms with E-state index in [0.29, 0.717) is 5.82 Å². The van der Waals surface area contributed by atoms with Gasteiger partial charge in [0.1, 0.15) is 17.5 Å². The van der Waals surface area contributed by atoms with Gasteiger partial charge in [-0.2, -0.15) is 0 Å². The SMILES string of the molecule is Cc1nc(N)c(C)c(N(C)CC2CCN(C)C2)n1. The van der Waals surface area contributed by atoms with Crippen molar-refractivity contribution in [2.45, 2.75) is 20.3 Å². The summed E-state index contributed by atoms with van der Waals surface area (Å²) in [4.78, 5) is 13.3. The van der Waals surface area contributed by atoms with Crippen molar-refractivity contribution in [3.05, 3.63) is 11.4 Å². The molecule has 1 fully saturated rings. The second kappa shape index (κ2) is 5.10. The summed E-state index contributed by atoms with van der Waals surface area (Å²) < 4.78 is 0. The Bertz CT molecular complexity index is 432. The van der Waals surface area contributed by atoms with E-state index >= 15 is 0 Å². The Hall–Kier alpha value is -1.36. The van der Waals surface area contributed by atoms with Gasteiger partial charge in [0.15, 0.2) is 0 Å². The fourth-order valence-electron chi connectivity index (χ4n) is 2.66. The van der Waals surface area contributed by atoms with Crippen molar-refractivity contribution in [3.8, 4) is 0 Å². The summed E-state index contributed by atoms with van der Waals surface area (Å²) in [5, 5.41) is 0. The average Bonchev–Trinajstić information content (AvgIpc) is 2.69. The molecule has 18 heavy (non-hydrogen) atoms. The van der Waals surface area contributed by atoms with Crippen molar-refractivity contribution in [2.75, 3.05) is 44.4 Å². The number of likely N-dealkylation sites (tertiary alicyclic amines) is 1. The topological polar surface area (TPSA) is 58.3 Å². The highest BCUT2D eigenvalue weighted by Crippen LogP contribution is 2.23. The predicted molar refractivity (Wildman–Crippen MR) is 74.8 cm³/mol. The standard InChI is InChI=1S/C13H23N5/c1-9-12(14)15-10(2)16-13(9)18(4)8-11-5-6-17(3)7-11/h11H,5-8H2,1-4H3,(H2,14,15,16). The van der Waals surface area contributed by atoms with E-state index in [-0.39, 0.29) is 0 Å². The fourth-order valence-corrected chi connectivity index (χ4v) is 2.66. The quantitative estimate of drug-likeness (QED) is 0.868. The minimum atomic E-state index is 0.591. The minimum Gasteiger partial charge on any atom is -0.383 e. The van der Waals surface area contributed by atoms with Crippen LogP contribution in [0.25, 0.3) is 0 Å². The number of nitrogens with zero attached hydrogens (tertiary/aromatic N) is 4. The van der Waals surface area contributed by atoms with E-state index in [4.69, 9.17) is 5.73 Å². The van der Waals surface area contributed by atoms with Gasteiger partial charge in [-0.15, -0.1) is 0 Å². The van der Waals surface area contributed by atoms with Crippen LogP contribution < -0.4 is 10.6 Å². The number of hydrogen-bond donors (Lipinski definition) is 1. The van der Waals surface area contributed by atoms with Gasteiger partial charge in [0, 0.05) is 25.7 Å². The molecule has 0 aliphatic carbocycles. The van der Waals surface area contributed by atoms with Gasteiger partial charge in [-0.3, -0.25) is 0 Å². The molecule has 0 aromatic carbocycles. The molecule has 2 rings (SSSR count). The molecule has 0 amide bonds. The van der Waals surface area contributed by atoms with Crippen LogP contribution >= 0.6 is 0 Å². The molecular weight excluding hydrogens is 226 g/mol. The average molecular weight is 249 g/mol. The lowest BCUT2D eigenvalue weighted by molar-refractivity contribution is 0.395. The Morgan fingerprint density at radius 1 is 1.39 bits per heavy atom. The molecule has 1 aliphatic heterocycles. The summed E-state index contributed by atoms with van der Waals surface area (Å²) in [5.41, 5.74) is 6.88. The van der Waals surface area contributed by atoms with E-state index in [1.54, 1.807) is 0 Å². The van der Waals surface area contributed by atoms with Crippen LogP contribution in [-0.4, -0.2) is 48.6 Å². The first-order chi connectivity index (χ1) is 8.47. The summed E-state index contributed by atoms with van der Waals surface area (Å²) in [6.07, 6.45) is 1.26. The Morgan fingerprint density at radius 2 is 2.11 bits per heavy atom. The summed E-state index contributed by atoms with van der Waals surface area (Å²) in [7, 11) is 4.27. The second-order valence-corrected chi connectivity index (χ2v) is 5.40. The third kappa shape index (κ3) is 2.72. The maximum absolute atomic E-state index is 5.90.